The van der Waals surface area contributed by atoms with E-state index in [1.807, 2.05) is 49.4 Å². The monoisotopic (exact) mass is 483 g/mol. The smallest absolute Gasteiger partial charge is 0.328 e. The van der Waals surface area contributed by atoms with Crippen molar-refractivity contribution in [1.82, 2.24) is 15.1 Å². The van der Waals surface area contributed by atoms with Crippen molar-refractivity contribution in [3.63, 3.8) is 0 Å². The lowest BCUT2D eigenvalue weighted by Gasteiger charge is -2.18. The zero-order chi connectivity index (χ0) is 25.8. The van der Waals surface area contributed by atoms with Gasteiger partial charge in [-0.15, -0.1) is 0 Å². The van der Waals surface area contributed by atoms with Crippen molar-refractivity contribution in [1.29, 1.82) is 0 Å². The van der Waals surface area contributed by atoms with Crippen LogP contribution in [0.15, 0.2) is 72.9 Å². The number of fused-ring (bicyclic) bond motifs is 1. The van der Waals surface area contributed by atoms with E-state index < -0.39 is 11.8 Å². The van der Waals surface area contributed by atoms with E-state index in [0.29, 0.717) is 12.0 Å². The van der Waals surface area contributed by atoms with Gasteiger partial charge in [0.25, 0.3) is 5.91 Å². The van der Waals surface area contributed by atoms with Crippen LogP contribution in [0.5, 0.6) is 0 Å². The normalized spacial score (nSPS) is 12.1. The van der Waals surface area contributed by atoms with Gasteiger partial charge in [0, 0.05) is 36.7 Å². The average molecular weight is 484 g/mol. The van der Waals surface area contributed by atoms with E-state index in [-0.39, 0.29) is 11.5 Å². The minimum atomic E-state index is -1.02. The maximum atomic E-state index is 15.5. The molecule has 0 radical (unpaired) electrons. The van der Waals surface area contributed by atoms with Crippen molar-refractivity contribution >= 4 is 40.0 Å². The molecule has 4 aromatic rings. The number of aromatic nitrogens is 2. The summed E-state index contributed by atoms with van der Waals surface area (Å²) in [7, 11) is 3.26. The lowest BCUT2D eigenvalue weighted by molar-refractivity contribution is -0.131. The van der Waals surface area contributed by atoms with Gasteiger partial charge in [-0.3, -0.25) is 9.89 Å². The highest BCUT2D eigenvalue weighted by atomic mass is 19.1. The summed E-state index contributed by atoms with van der Waals surface area (Å²) in [5.74, 6) is -1.76. The van der Waals surface area contributed by atoms with Crippen molar-refractivity contribution in [3.05, 3.63) is 107 Å². The Kier molecular flexibility index (Phi) is 7.10. The quantitative estimate of drug-likeness (QED) is 0.254. The zero-order valence-corrected chi connectivity index (χ0v) is 20.2. The highest BCUT2D eigenvalue weighted by molar-refractivity contribution is 6.01. The molecule has 0 aliphatic carbocycles. The molecule has 0 saturated carbocycles. The molecule has 0 saturated heterocycles. The molecule has 2 N–H and O–H groups in total. The number of nitrogens with one attached hydrogen (secondary N) is 1. The molecule has 0 unspecified atom stereocenters. The van der Waals surface area contributed by atoms with Gasteiger partial charge in [-0.2, -0.15) is 5.10 Å². The fourth-order valence-electron chi connectivity index (χ4n) is 4.19. The van der Waals surface area contributed by atoms with Gasteiger partial charge in [0.05, 0.1) is 11.7 Å². The van der Waals surface area contributed by atoms with Gasteiger partial charge in [-0.25, -0.2) is 9.18 Å². The Bertz CT molecular complexity index is 1500. The number of H-pyrrole nitrogens is 1. The van der Waals surface area contributed by atoms with Crippen LogP contribution in [0.4, 0.5) is 4.39 Å². The van der Waals surface area contributed by atoms with Gasteiger partial charge in [0.1, 0.15) is 5.82 Å². The maximum absolute atomic E-state index is 15.5. The number of carboxylic acid groups (broad SMARTS) is 1. The Morgan fingerprint density at radius 1 is 1.00 bits per heavy atom. The summed E-state index contributed by atoms with van der Waals surface area (Å²) in [6.07, 6.45) is 4.89. The maximum Gasteiger partial charge on any atom is 0.328 e. The molecular weight excluding hydrogens is 457 g/mol. The topological polar surface area (TPSA) is 86.3 Å². The Morgan fingerprint density at radius 2 is 1.69 bits per heavy atom. The fraction of sp³-hybridized carbons (Fsp3) is 0.138. The number of aromatic amines is 1. The van der Waals surface area contributed by atoms with Gasteiger partial charge in [-0.05, 0) is 64.6 Å². The second-order valence-electron chi connectivity index (χ2n) is 8.57. The number of rotatable bonds is 7. The molecule has 0 aliphatic heterocycles. The molecule has 36 heavy (non-hydrogen) atoms. The summed E-state index contributed by atoms with van der Waals surface area (Å²) in [6.45, 7) is 1.97. The Balaban J connectivity index is 1.91. The highest BCUT2D eigenvalue weighted by Gasteiger charge is 2.18. The molecule has 0 aliphatic rings. The van der Waals surface area contributed by atoms with Gasteiger partial charge in [-0.1, -0.05) is 43.3 Å². The van der Waals surface area contributed by atoms with E-state index in [1.165, 1.54) is 17.0 Å². The van der Waals surface area contributed by atoms with Crippen LogP contribution in [0, 0.1) is 5.82 Å². The van der Waals surface area contributed by atoms with Crippen molar-refractivity contribution < 1.29 is 19.1 Å². The molecule has 182 valence electrons. The second kappa shape index (κ2) is 10.4. The summed E-state index contributed by atoms with van der Waals surface area (Å²) in [5, 5.41) is 16.9. The van der Waals surface area contributed by atoms with E-state index in [0.717, 1.165) is 44.8 Å². The van der Waals surface area contributed by atoms with E-state index in [1.54, 1.807) is 32.4 Å². The summed E-state index contributed by atoms with van der Waals surface area (Å²) < 4.78 is 15.5. The predicted molar refractivity (Wildman–Crippen MR) is 140 cm³/mol. The number of hydrogen-bond donors (Lipinski definition) is 2. The van der Waals surface area contributed by atoms with E-state index in [2.05, 4.69) is 10.2 Å². The van der Waals surface area contributed by atoms with E-state index in [4.69, 9.17) is 5.11 Å². The van der Waals surface area contributed by atoms with Gasteiger partial charge >= 0.3 is 5.97 Å². The fourth-order valence-corrected chi connectivity index (χ4v) is 4.19. The molecule has 1 amide bonds. The predicted octanol–water partition coefficient (Wildman–Crippen LogP) is 5.87. The number of carbonyl (C=O) groups excluding carboxylic acids is 1. The average Bonchev–Trinajstić information content (AvgIpc) is 3.34. The van der Waals surface area contributed by atoms with Crippen molar-refractivity contribution in [2.45, 2.75) is 13.3 Å². The molecule has 0 atom stereocenters. The van der Waals surface area contributed by atoms with Crippen LogP contribution >= 0.6 is 0 Å². The lowest BCUT2D eigenvalue weighted by Crippen LogP contribution is -2.21. The molecule has 0 bridgehead atoms. The van der Waals surface area contributed by atoms with Crippen LogP contribution in [0.2, 0.25) is 0 Å². The largest absolute Gasteiger partial charge is 0.478 e. The van der Waals surface area contributed by atoms with Gasteiger partial charge in [0.15, 0.2) is 0 Å². The molecular formula is C29H26FN3O3. The third-order valence-electron chi connectivity index (χ3n) is 5.95. The Hall–Kier alpha value is -4.52. The van der Waals surface area contributed by atoms with E-state index >= 15 is 4.39 Å². The zero-order valence-electron chi connectivity index (χ0n) is 20.2. The minimum absolute atomic E-state index is 0.266. The van der Waals surface area contributed by atoms with E-state index in [9.17, 15) is 9.59 Å². The van der Waals surface area contributed by atoms with Crippen LogP contribution in [-0.4, -0.2) is 46.2 Å². The Morgan fingerprint density at radius 3 is 2.33 bits per heavy atom. The van der Waals surface area contributed by atoms with Crippen LogP contribution in [0.1, 0.15) is 46.0 Å². The van der Waals surface area contributed by atoms with Crippen molar-refractivity contribution in [3.8, 4) is 0 Å². The molecule has 1 heterocycles. The van der Waals surface area contributed by atoms with Gasteiger partial charge in [0.2, 0.25) is 0 Å². The first-order valence-corrected chi connectivity index (χ1v) is 11.5. The third kappa shape index (κ3) is 5.10. The highest BCUT2D eigenvalue weighted by Crippen LogP contribution is 2.36. The molecule has 1 aromatic heterocycles. The standard InChI is InChI=1S/C29H26FN3O3/c1-4-23(24-12-10-21(16-25(24)30)29(36)33(2)3)28(20-11-13-26-22(15-20)17-31-32-26)19-8-5-18(6-9-19)7-14-27(34)35/h5-17H,4H2,1-3H3,(H,31,32)(H,34,35). The molecule has 0 spiro atoms. The van der Waals surface area contributed by atoms with Gasteiger partial charge < -0.3 is 10.0 Å². The van der Waals surface area contributed by atoms with Crippen LogP contribution in [-0.2, 0) is 4.79 Å². The minimum Gasteiger partial charge on any atom is -0.478 e. The number of amides is 1. The number of aliphatic carboxylic acids is 1. The number of allylic oxidation sites excluding steroid dienone is 1. The molecule has 4 rings (SSSR count). The molecule has 7 heteroatoms. The number of benzene rings is 3. The lowest BCUT2D eigenvalue weighted by atomic mass is 9.87. The van der Waals surface area contributed by atoms with Crippen LogP contribution in [0.25, 0.3) is 28.1 Å². The number of halogens is 1. The second-order valence-corrected chi connectivity index (χ2v) is 8.57. The number of nitrogens with zero attached hydrogens (tertiary/aromatic N) is 2. The first-order chi connectivity index (χ1) is 17.3. The first kappa shape index (κ1) is 24.6. The summed E-state index contributed by atoms with van der Waals surface area (Å²) in [6, 6.07) is 17.9. The SMILES string of the molecule is CCC(=C(c1ccc(C=CC(=O)O)cc1)c1ccc2[nH]ncc2c1)c1ccc(C(=O)N(C)C)cc1F. The third-order valence-corrected chi connectivity index (χ3v) is 5.95. The van der Waals surface area contributed by atoms with Crippen LogP contribution in [0.3, 0.4) is 0 Å². The number of hydrogen-bond acceptors (Lipinski definition) is 3. The summed E-state index contributed by atoms with van der Waals surface area (Å²) in [5.41, 5.74) is 5.72. The molecule has 0 fully saturated rings. The summed E-state index contributed by atoms with van der Waals surface area (Å²) in [4.78, 5) is 24.6. The van der Waals surface area contributed by atoms with Crippen molar-refractivity contribution in [2.75, 3.05) is 14.1 Å². The number of carboxylic acids is 1. The molecule has 3 aromatic carbocycles. The Labute approximate surface area is 208 Å². The first-order valence-electron chi connectivity index (χ1n) is 11.5. The number of carbonyl (C=O) groups is 2. The van der Waals surface area contributed by atoms with Crippen LogP contribution < -0.4 is 0 Å². The van der Waals surface area contributed by atoms with Crippen molar-refractivity contribution in [2.24, 2.45) is 0 Å². The molecule has 6 nitrogen and oxygen atoms in total. The summed E-state index contributed by atoms with van der Waals surface area (Å²) >= 11 is 0.